The zero-order valence-electron chi connectivity index (χ0n) is 18.2. The molecule has 1 amide bonds. The van der Waals surface area contributed by atoms with E-state index in [9.17, 15) is 22.0 Å². The highest BCUT2D eigenvalue weighted by molar-refractivity contribution is 7.90. The summed E-state index contributed by atoms with van der Waals surface area (Å²) in [5, 5.41) is 0.507. The van der Waals surface area contributed by atoms with E-state index in [4.69, 9.17) is 4.74 Å². The molecule has 3 heterocycles. The summed E-state index contributed by atoms with van der Waals surface area (Å²) in [4.78, 5) is 21.2. The van der Waals surface area contributed by atoms with Crippen molar-refractivity contribution in [3.05, 3.63) is 47.8 Å². The van der Waals surface area contributed by atoms with Crippen LogP contribution in [0, 0.1) is 11.6 Å². The van der Waals surface area contributed by atoms with E-state index in [1.165, 1.54) is 37.3 Å². The monoisotopic (exact) mass is 478 g/mol. The zero-order chi connectivity index (χ0) is 23.8. The lowest BCUT2D eigenvalue weighted by Crippen LogP contribution is -2.42. The average Bonchev–Trinajstić information content (AvgIpc) is 3.23. The van der Waals surface area contributed by atoms with Gasteiger partial charge in [-0.15, -0.1) is 0 Å². The average molecular weight is 479 g/mol. The fraction of sp³-hybridized carbons (Fsp3) is 0.364. The van der Waals surface area contributed by atoms with Crippen LogP contribution in [0.3, 0.4) is 0 Å². The molecule has 0 unspecified atom stereocenters. The fourth-order valence-corrected chi connectivity index (χ4v) is 4.86. The van der Waals surface area contributed by atoms with Crippen LogP contribution in [0.5, 0.6) is 5.75 Å². The van der Waals surface area contributed by atoms with Crippen molar-refractivity contribution in [3.63, 3.8) is 0 Å². The van der Waals surface area contributed by atoms with Crippen molar-refractivity contribution in [2.75, 3.05) is 33.0 Å². The summed E-state index contributed by atoms with van der Waals surface area (Å²) >= 11 is 0. The van der Waals surface area contributed by atoms with Gasteiger partial charge in [0.25, 0.3) is 0 Å². The van der Waals surface area contributed by atoms with Gasteiger partial charge < -0.3 is 14.6 Å². The van der Waals surface area contributed by atoms with Gasteiger partial charge in [-0.2, -0.15) is 0 Å². The van der Waals surface area contributed by atoms with Gasteiger partial charge in [0.05, 0.1) is 13.3 Å². The molecule has 8 nitrogen and oxygen atoms in total. The summed E-state index contributed by atoms with van der Waals surface area (Å²) in [6, 6.07) is 5.73. The van der Waals surface area contributed by atoms with Crippen molar-refractivity contribution in [3.8, 4) is 16.9 Å². The smallest absolute Gasteiger partial charge is 0.239 e. The van der Waals surface area contributed by atoms with E-state index in [0.717, 1.165) is 11.9 Å². The van der Waals surface area contributed by atoms with Crippen LogP contribution in [0.1, 0.15) is 24.5 Å². The van der Waals surface area contributed by atoms with Gasteiger partial charge in [-0.1, -0.05) is 0 Å². The third-order valence-corrected chi connectivity index (χ3v) is 7.22. The lowest BCUT2D eigenvalue weighted by atomic mass is 9.93. The predicted molar refractivity (Wildman–Crippen MR) is 119 cm³/mol. The number of hydrogen-bond acceptors (Lipinski definition) is 5. The molecule has 4 rings (SSSR count). The van der Waals surface area contributed by atoms with Crippen LogP contribution >= 0.6 is 0 Å². The Balaban J connectivity index is 1.60. The number of ether oxygens (including phenoxy) is 1. The molecule has 1 aliphatic rings. The number of fused-ring (bicyclic) bond motifs is 1. The number of aromatic nitrogens is 2. The Kier molecular flexibility index (Phi) is 6.35. The predicted octanol–water partition coefficient (Wildman–Crippen LogP) is 2.77. The van der Waals surface area contributed by atoms with Crippen LogP contribution in [-0.2, 0) is 14.8 Å². The molecule has 2 aromatic heterocycles. The maximum Gasteiger partial charge on any atom is 0.239 e. The summed E-state index contributed by atoms with van der Waals surface area (Å²) in [7, 11) is -0.913. The number of nitrogens with one attached hydrogen (secondary N) is 2. The van der Waals surface area contributed by atoms with Gasteiger partial charge in [-0.25, -0.2) is 26.9 Å². The van der Waals surface area contributed by atoms with E-state index in [1.807, 2.05) is 0 Å². The normalized spacial score (nSPS) is 15.2. The zero-order valence-corrected chi connectivity index (χ0v) is 19.0. The fourth-order valence-electron chi connectivity index (χ4n) is 4.21. The SMILES string of the molecule is CNS(=O)(=O)CC(=O)N1CCC(c2cc3c(-c4cc(F)ccc4OC)c(F)cnc3[nH]2)CC1. The molecular formula is C22H24F2N4O4S. The molecule has 3 aromatic rings. The molecular weight excluding hydrogens is 454 g/mol. The van der Waals surface area contributed by atoms with Crippen molar-refractivity contribution >= 4 is 27.0 Å². The minimum atomic E-state index is -3.62. The Hall–Kier alpha value is -3.05. The molecule has 1 aromatic carbocycles. The standard InChI is InChI=1S/C22H24F2N4O4S/c1-25-33(30,31)12-20(29)28-7-5-13(6-8-28)18-10-16-21(17(24)11-26-22(16)27-18)15-9-14(23)3-4-19(15)32-2/h3-4,9-11,13,25H,5-8,12H2,1-2H3,(H,26,27). The third kappa shape index (κ3) is 4.69. The van der Waals surface area contributed by atoms with Gasteiger partial charge in [0, 0.05) is 41.2 Å². The molecule has 2 N–H and O–H groups in total. The van der Waals surface area contributed by atoms with Crippen molar-refractivity contribution in [2.45, 2.75) is 18.8 Å². The van der Waals surface area contributed by atoms with Crippen molar-refractivity contribution in [1.82, 2.24) is 19.6 Å². The number of H-pyrrole nitrogens is 1. The number of amides is 1. The van der Waals surface area contributed by atoms with Crippen molar-refractivity contribution in [2.24, 2.45) is 0 Å². The second kappa shape index (κ2) is 9.06. The minimum Gasteiger partial charge on any atom is -0.496 e. The van der Waals surface area contributed by atoms with Crippen LogP contribution in [0.25, 0.3) is 22.2 Å². The number of aromatic amines is 1. The van der Waals surface area contributed by atoms with Crippen LogP contribution in [0.2, 0.25) is 0 Å². The topological polar surface area (TPSA) is 104 Å². The Morgan fingerprint density at radius 1 is 1.27 bits per heavy atom. The number of hydrogen-bond donors (Lipinski definition) is 2. The number of nitrogens with zero attached hydrogens (tertiary/aromatic N) is 2. The number of pyridine rings is 1. The Bertz CT molecular complexity index is 1300. The van der Waals surface area contributed by atoms with E-state index in [-0.39, 0.29) is 11.5 Å². The number of carbonyl (C=O) groups is 1. The number of carbonyl (C=O) groups excluding carboxylic acids is 1. The Labute approximate surface area is 190 Å². The number of likely N-dealkylation sites (tertiary alicyclic amines) is 1. The molecule has 0 atom stereocenters. The minimum absolute atomic E-state index is 0.0504. The lowest BCUT2D eigenvalue weighted by molar-refractivity contribution is -0.129. The van der Waals surface area contributed by atoms with E-state index in [0.29, 0.717) is 48.3 Å². The highest BCUT2D eigenvalue weighted by Crippen LogP contribution is 2.39. The maximum atomic E-state index is 14.9. The summed E-state index contributed by atoms with van der Waals surface area (Å²) in [6.07, 6.45) is 2.31. The van der Waals surface area contributed by atoms with Gasteiger partial charge in [0.2, 0.25) is 15.9 Å². The molecule has 1 aliphatic heterocycles. The number of benzene rings is 1. The second-order valence-electron chi connectivity index (χ2n) is 7.93. The Morgan fingerprint density at radius 2 is 2.00 bits per heavy atom. The van der Waals surface area contributed by atoms with Gasteiger partial charge in [0.15, 0.2) is 0 Å². The first-order valence-electron chi connectivity index (χ1n) is 10.4. The van der Waals surface area contributed by atoms with E-state index >= 15 is 0 Å². The van der Waals surface area contributed by atoms with Crippen molar-refractivity contribution in [1.29, 1.82) is 0 Å². The quantitative estimate of drug-likeness (QED) is 0.567. The van der Waals surface area contributed by atoms with E-state index in [2.05, 4.69) is 14.7 Å². The lowest BCUT2D eigenvalue weighted by Gasteiger charge is -2.31. The number of halogens is 2. The molecule has 1 saturated heterocycles. The van der Waals surface area contributed by atoms with Gasteiger partial charge in [-0.3, -0.25) is 4.79 Å². The van der Waals surface area contributed by atoms with Gasteiger partial charge in [-0.05, 0) is 44.2 Å². The first-order chi connectivity index (χ1) is 15.7. The molecule has 11 heteroatoms. The number of methoxy groups -OCH3 is 1. The summed E-state index contributed by atoms with van der Waals surface area (Å²) in [5.74, 6) is -1.74. The highest BCUT2D eigenvalue weighted by Gasteiger charge is 2.28. The molecule has 0 radical (unpaired) electrons. The van der Waals surface area contributed by atoms with Crippen LogP contribution < -0.4 is 9.46 Å². The van der Waals surface area contributed by atoms with Crippen LogP contribution in [0.15, 0.2) is 30.5 Å². The van der Waals surface area contributed by atoms with Gasteiger partial charge >= 0.3 is 0 Å². The molecule has 0 saturated carbocycles. The first-order valence-corrected chi connectivity index (χ1v) is 12.1. The molecule has 0 bridgehead atoms. The van der Waals surface area contributed by atoms with Crippen molar-refractivity contribution < 1.29 is 26.7 Å². The van der Waals surface area contributed by atoms with Crippen LogP contribution in [0.4, 0.5) is 8.78 Å². The second-order valence-corrected chi connectivity index (χ2v) is 9.86. The van der Waals surface area contributed by atoms with E-state index < -0.39 is 33.3 Å². The Morgan fingerprint density at radius 3 is 2.67 bits per heavy atom. The number of rotatable bonds is 6. The molecule has 33 heavy (non-hydrogen) atoms. The summed E-state index contributed by atoms with van der Waals surface area (Å²) in [6.45, 7) is 0.814. The highest BCUT2D eigenvalue weighted by atomic mass is 32.2. The molecule has 0 spiro atoms. The summed E-state index contributed by atoms with van der Waals surface area (Å²) in [5.41, 5.74) is 1.78. The molecule has 176 valence electrons. The first kappa shape index (κ1) is 23.1. The molecule has 0 aliphatic carbocycles. The summed E-state index contributed by atoms with van der Waals surface area (Å²) < 4.78 is 59.6. The van der Waals surface area contributed by atoms with E-state index in [1.54, 1.807) is 6.07 Å². The third-order valence-electron chi connectivity index (χ3n) is 5.98. The van der Waals surface area contributed by atoms with Gasteiger partial charge in [0.1, 0.15) is 28.8 Å². The molecule has 1 fully saturated rings. The van der Waals surface area contributed by atoms with Crippen LogP contribution in [-0.4, -0.2) is 62.2 Å². The maximum absolute atomic E-state index is 14.9. The number of piperidine rings is 1. The number of sulfonamides is 1. The largest absolute Gasteiger partial charge is 0.496 e.